The lowest BCUT2D eigenvalue weighted by Crippen LogP contribution is -2.43. The fraction of sp³-hybridized carbons (Fsp3) is 0.500. The summed E-state index contributed by atoms with van der Waals surface area (Å²) in [6.45, 7) is 4.71. The van der Waals surface area contributed by atoms with Crippen molar-refractivity contribution in [2.75, 3.05) is 26.8 Å². The van der Waals surface area contributed by atoms with Gasteiger partial charge in [0.15, 0.2) is 0 Å². The Kier molecular flexibility index (Phi) is 14.3. The number of hydrogen-bond acceptors (Lipinski definition) is 5. The van der Waals surface area contributed by atoms with Crippen LogP contribution < -0.4 is 0 Å². The van der Waals surface area contributed by atoms with Gasteiger partial charge in [0.1, 0.15) is 6.04 Å². The van der Waals surface area contributed by atoms with Gasteiger partial charge in [0.2, 0.25) is 0 Å². The molecule has 9 heteroatoms. The summed E-state index contributed by atoms with van der Waals surface area (Å²) in [5.41, 5.74) is 0. The molecule has 144 valence electrons. The third-order valence-electron chi connectivity index (χ3n) is 2.79. The highest BCUT2D eigenvalue weighted by molar-refractivity contribution is 5.75. The predicted octanol–water partition coefficient (Wildman–Crippen LogP) is 2.18. The second kappa shape index (κ2) is 14.2. The molecule has 1 aromatic carbocycles. The van der Waals surface area contributed by atoms with E-state index in [0.717, 1.165) is 0 Å². The molecule has 0 radical (unpaired) electrons. The molecule has 25 heavy (non-hydrogen) atoms. The van der Waals surface area contributed by atoms with Crippen LogP contribution in [0, 0.1) is 0 Å². The number of ether oxygens (including phenoxy) is 1. The van der Waals surface area contributed by atoms with Gasteiger partial charge in [-0.2, -0.15) is 13.2 Å². The number of aliphatic hydroxyl groups is 1. The average Bonchev–Trinajstić information content (AvgIpc) is 2.60. The number of carbonyl (C=O) groups excluding carboxylic acids is 1. The molecule has 0 bridgehead atoms. The van der Waals surface area contributed by atoms with E-state index in [4.69, 9.17) is 10.2 Å². The summed E-state index contributed by atoms with van der Waals surface area (Å²) in [5, 5.41) is 17.3. The number of benzene rings is 1. The van der Waals surface area contributed by atoms with Crippen LogP contribution in [0.4, 0.5) is 13.2 Å². The number of carboxylic acids is 1. The molecule has 0 amide bonds. The standard InChI is InChI=1S/C7H15NO3.C6H6.C3H3F3O2/c1-3-8(4-2)6(5-9)7(10)11;1-2-4-6-5-3-1;1-8-2(7)3(4,5)6/h6,9H,3-5H2,1-2H3,(H,10,11);1-6H;1H3. The highest BCUT2D eigenvalue weighted by atomic mass is 19.4. The molecule has 0 saturated heterocycles. The number of hydrogen-bond donors (Lipinski definition) is 2. The van der Waals surface area contributed by atoms with Crippen molar-refractivity contribution in [3.05, 3.63) is 36.4 Å². The Bertz CT molecular complexity index is 438. The molecule has 1 aromatic rings. The van der Waals surface area contributed by atoms with E-state index in [1.165, 1.54) is 0 Å². The number of alkyl halides is 3. The quantitative estimate of drug-likeness (QED) is 0.776. The van der Waals surface area contributed by atoms with Crippen molar-refractivity contribution < 1.29 is 37.7 Å². The van der Waals surface area contributed by atoms with E-state index in [2.05, 4.69) is 4.74 Å². The Hall–Kier alpha value is -2.13. The van der Waals surface area contributed by atoms with E-state index < -0.39 is 24.2 Å². The van der Waals surface area contributed by atoms with Crippen LogP contribution in [0.3, 0.4) is 0 Å². The minimum Gasteiger partial charge on any atom is -0.480 e. The number of methoxy groups -OCH3 is 1. The van der Waals surface area contributed by atoms with Gasteiger partial charge in [0.05, 0.1) is 13.7 Å². The summed E-state index contributed by atoms with van der Waals surface area (Å²) in [4.78, 5) is 21.7. The summed E-state index contributed by atoms with van der Waals surface area (Å²) in [6, 6.07) is 11.3. The molecule has 0 aliphatic rings. The van der Waals surface area contributed by atoms with Crippen molar-refractivity contribution in [2.24, 2.45) is 0 Å². The lowest BCUT2D eigenvalue weighted by molar-refractivity contribution is -0.196. The zero-order valence-corrected chi connectivity index (χ0v) is 14.4. The highest BCUT2D eigenvalue weighted by Crippen LogP contribution is 2.15. The van der Waals surface area contributed by atoms with Gasteiger partial charge in [-0.05, 0) is 13.1 Å². The third-order valence-corrected chi connectivity index (χ3v) is 2.79. The van der Waals surface area contributed by atoms with Crippen LogP contribution in [0.25, 0.3) is 0 Å². The lowest BCUT2D eigenvalue weighted by atomic mass is 10.2. The number of likely N-dealkylation sites (N-methyl/N-ethyl adjacent to an activating group) is 1. The maximum atomic E-state index is 11.0. The SMILES string of the molecule is CCN(CC)C(CO)C(=O)O.COC(=O)C(F)(F)F.c1ccccc1. The number of carboxylic acid groups (broad SMARTS) is 1. The van der Waals surface area contributed by atoms with Crippen molar-refractivity contribution in [3.63, 3.8) is 0 Å². The summed E-state index contributed by atoms with van der Waals surface area (Å²) in [6.07, 6.45) is -4.85. The normalized spacial score (nSPS) is 11.4. The monoisotopic (exact) mass is 367 g/mol. The average molecular weight is 367 g/mol. The Labute approximate surface area is 144 Å². The molecule has 1 atom stereocenters. The van der Waals surface area contributed by atoms with Crippen molar-refractivity contribution in [1.82, 2.24) is 4.90 Å². The molecule has 0 spiro atoms. The number of rotatable bonds is 5. The number of halogens is 3. The lowest BCUT2D eigenvalue weighted by Gasteiger charge is -2.23. The van der Waals surface area contributed by atoms with Gasteiger partial charge < -0.3 is 14.9 Å². The first-order valence-electron chi connectivity index (χ1n) is 7.38. The zero-order valence-electron chi connectivity index (χ0n) is 14.4. The van der Waals surface area contributed by atoms with Gasteiger partial charge in [-0.25, -0.2) is 4.79 Å². The van der Waals surface area contributed by atoms with Gasteiger partial charge in [-0.3, -0.25) is 9.69 Å². The number of nitrogens with zero attached hydrogens (tertiary/aromatic N) is 1. The largest absolute Gasteiger partial charge is 0.490 e. The van der Waals surface area contributed by atoms with Gasteiger partial charge in [0.25, 0.3) is 0 Å². The van der Waals surface area contributed by atoms with Crippen LogP contribution in [-0.4, -0.2) is 66.1 Å². The second-order valence-corrected chi connectivity index (χ2v) is 4.40. The van der Waals surface area contributed by atoms with Crippen LogP contribution in [0.5, 0.6) is 0 Å². The summed E-state index contributed by atoms with van der Waals surface area (Å²) in [5.74, 6) is -3.13. The summed E-state index contributed by atoms with van der Waals surface area (Å²) < 4.78 is 36.3. The fourth-order valence-corrected chi connectivity index (χ4v) is 1.51. The first kappa shape index (κ1) is 25.1. The Balaban J connectivity index is 0. The number of aliphatic carboxylic acids is 1. The first-order valence-corrected chi connectivity index (χ1v) is 7.38. The fourth-order valence-electron chi connectivity index (χ4n) is 1.51. The van der Waals surface area contributed by atoms with E-state index in [0.29, 0.717) is 20.2 Å². The van der Waals surface area contributed by atoms with Gasteiger partial charge in [0, 0.05) is 0 Å². The van der Waals surface area contributed by atoms with Crippen molar-refractivity contribution in [2.45, 2.75) is 26.1 Å². The van der Waals surface area contributed by atoms with E-state index >= 15 is 0 Å². The zero-order chi connectivity index (χ0) is 19.9. The number of esters is 1. The maximum Gasteiger partial charge on any atom is 0.490 e. The van der Waals surface area contributed by atoms with Crippen LogP contribution in [0.2, 0.25) is 0 Å². The highest BCUT2D eigenvalue weighted by Gasteiger charge is 2.40. The van der Waals surface area contributed by atoms with E-state index in [1.807, 2.05) is 50.2 Å². The molecule has 6 nitrogen and oxygen atoms in total. The molecule has 0 saturated carbocycles. The van der Waals surface area contributed by atoms with Gasteiger partial charge in [-0.15, -0.1) is 0 Å². The molecule has 0 aliphatic heterocycles. The van der Waals surface area contributed by atoms with E-state index in [-0.39, 0.29) is 6.61 Å². The van der Waals surface area contributed by atoms with Gasteiger partial charge in [-0.1, -0.05) is 50.2 Å². The molecular weight excluding hydrogens is 343 g/mol. The maximum absolute atomic E-state index is 11.0. The van der Waals surface area contributed by atoms with Crippen LogP contribution in [0.1, 0.15) is 13.8 Å². The molecule has 2 N–H and O–H groups in total. The van der Waals surface area contributed by atoms with E-state index in [9.17, 15) is 22.8 Å². The number of carbonyl (C=O) groups is 2. The van der Waals surface area contributed by atoms with E-state index in [1.54, 1.807) is 4.90 Å². The molecular formula is C16H24F3NO5. The Morgan fingerprint density at radius 2 is 1.40 bits per heavy atom. The third kappa shape index (κ3) is 12.9. The second-order valence-electron chi connectivity index (χ2n) is 4.40. The summed E-state index contributed by atoms with van der Waals surface area (Å²) in [7, 11) is 0.676. The van der Waals surface area contributed by atoms with Crippen molar-refractivity contribution in [1.29, 1.82) is 0 Å². The van der Waals surface area contributed by atoms with Crippen molar-refractivity contribution in [3.8, 4) is 0 Å². The van der Waals surface area contributed by atoms with Crippen LogP contribution in [0.15, 0.2) is 36.4 Å². The van der Waals surface area contributed by atoms with Crippen LogP contribution in [-0.2, 0) is 14.3 Å². The number of aliphatic hydroxyl groups excluding tert-OH is 1. The molecule has 1 rings (SSSR count). The smallest absolute Gasteiger partial charge is 0.480 e. The Morgan fingerprint density at radius 1 is 1.04 bits per heavy atom. The molecule has 0 heterocycles. The topological polar surface area (TPSA) is 87.1 Å². The molecule has 0 fully saturated rings. The molecule has 1 unspecified atom stereocenters. The van der Waals surface area contributed by atoms with Crippen molar-refractivity contribution >= 4 is 11.9 Å². The minimum atomic E-state index is -4.85. The summed E-state index contributed by atoms with van der Waals surface area (Å²) >= 11 is 0. The van der Waals surface area contributed by atoms with Crippen LogP contribution >= 0.6 is 0 Å². The Morgan fingerprint density at radius 3 is 1.48 bits per heavy atom. The molecule has 0 aliphatic carbocycles. The predicted molar refractivity (Wildman–Crippen MR) is 85.9 cm³/mol. The molecule has 0 aromatic heterocycles. The van der Waals surface area contributed by atoms with Gasteiger partial charge >= 0.3 is 18.1 Å². The minimum absolute atomic E-state index is 0.322. The first-order chi connectivity index (χ1) is 11.6.